The minimum atomic E-state index is 0.649. The highest BCUT2D eigenvalue weighted by Crippen LogP contribution is 2.24. The molecule has 2 aromatic rings. The molecule has 0 aliphatic carbocycles. The zero-order chi connectivity index (χ0) is 9.42. The molecule has 0 aliphatic heterocycles. The fourth-order valence-corrected chi connectivity index (χ4v) is 1.53. The van der Waals surface area contributed by atoms with Gasteiger partial charge in [-0.15, -0.1) is 0 Å². The third-order valence-electron chi connectivity index (χ3n) is 2.12. The van der Waals surface area contributed by atoms with E-state index >= 15 is 0 Å². The van der Waals surface area contributed by atoms with Gasteiger partial charge >= 0.3 is 0 Å². The first-order valence-corrected chi connectivity index (χ1v) is 4.06. The van der Waals surface area contributed by atoms with Gasteiger partial charge in [0.2, 0.25) is 5.69 Å². The van der Waals surface area contributed by atoms with Crippen LogP contribution in [0.5, 0.6) is 0 Å². The molecule has 3 nitrogen and oxygen atoms in total. The summed E-state index contributed by atoms with van der Waals surface area (Å²) in [4.78, 5) is 7.77. The van der Waals surface area contributed by atoms with Crippen LogP contribution >= 0.6 is 0 Å². The Hall–Kier alpha value is -1.82. The van der Waals surface area contributed by atoms with E-state index < -0.39 is 0 Å². The molecule has 2 aromatic heterocycles. The second kappa shape index (κ2) is 2.60. The van der Waals surface area contributed by atoms with Gasteiger partial charge in [-0.05, 0) is 26.0 Å². The molecule has 0 saturated heterocycles. The van der Waals surface area contributed by atoms with Gasteiger partial charge in [0.05, 0.1) is 12.1 Å². The number of hydrogen-bond acceptors (Lipinski definition) is 1. The first-order chi connectivity index (χ1) is 6.24. The molecular formula is C10H9N3. The van der Waals surface area contributed by atoms with Crippen molar-refractivity contribution in [2.75, 3.05) is 0 Å². The lowest BCUT2D eigenvalue weighted by atomic mass is 10.3. The molecule has 2 heterocycles. The normalized spacial score (nSPS) is 10.2. The summed E-state index contributed by atoms with van der Waals surface area (Å²) in [5.41, 5.74) is 2.40. The van der Waals surface area contributed by atoms with Gasteiger partial charge in [0.1, 0.15) is 5.82 Å². The molecule has 0 bridgehead atoms. The molecule has 0 aliphatic rings. The van der Waals surface area contributed by atoms with Gasteiger partial charge in [-0.25, -0.2) is 4.85 Å². The van der Waals surface area contributed by atoms with E-state index in [-0.39, 0.29) is 0 Å². The topological polar surface area (TPSA) is 21.7 Å². The van der Waals surface area contributed by atoms with E-state index in [1.54, 1.807) is 0 Å². The molecule has 0 radical (unpaired) electrons. The Morgan fingerprint density at radius 1 is 1.46 bits per heavy atom. The Morgan fingerprint density at radius 2 is 2.23 bits per heavy atom. The molecule has 0 saturated carbocycles. The summed E-state index contributed by atoms with van der Waals surface area (Å²) in [6.45, 7) is 10.9. The SMILES string of the molecule is [C-]#[N+]c1c(C)nc(C)n2cccc12. The quantitative estimate of drug-likeness (QED) is 0.558. The predicted molar refractivity (Wildman–Crippen MR) is 50.9 cm³/mol. The highest BCUT2D eigenvalue weighted by molar-refractivity contribution is 5.75. The van der Waals surface area contributed by atoms with E-state index in [1.165, 1.54) is 0 Å². The molecule has 0 N–H and O–H groups in total. The summed E-state index contributed by atoms with van der Waals surface area (Å²) in [5.74, 6) is 0.921. The van der Waals surface area contributed by atoms with Crippen molar-refractivity contribution in [3.63, 3.8) is 0 Å². The van der Waals surface area contributed by atoms with E-state index in [9.17, 15) is 0 Å². The Labute approximate surface area is 76.5 Å². The van der Waals surface area contributed by atoms with Crippen LogP contribution in [0.4, 0.5) is 5.69 Å². The van der Waals surface area contributed by atoms with Crippen molar-refractivity contribution < 1.29 is 0 Å². The maximum Gasteiger partial charge on any atom is 0.231 e. The largest absolute Gasteiger partial charge is 0.316 e. The molecule has 0 atom stereocenters. The van der Waals surface area contributed by atoms with Crippen molar-refractivity contribution in [2.45, 2.75) is 13.8 Å². The number of hydrogen-bond donors (Lipinski definition) is 0. The van der Waals surface area contributed by atoms with E-state index in [0.29, 0.717) is 5.69 Å². The van der Waals surface area contributed by atoms with Gasteiger partial charge in [-0.1, -0.05) is 0 Å². The van der Waals surface area contributed by atoms with Gasteiger partial charge < -0.3 is 4.40 Å². The second-order valence-electron chi connectivity index (χ2n) is 2.97. The number of nitrogens with zero attached hydrogens (tertiary/aromatic N) is 3. The van der Waals surface area contributed by atoms with Crippen molar-refractivity contribution >= 4 is 11.2 Å². The summed E-state index contributed by atoms with van der Waals surface area (Å²) >= 11 is 0. The molecule has 3 heteroatoms. The van der Waals surface area contributed by atoms with Crippen molar-refractivity contribution in [1.82, 2.24) is 9.38 Å². The van der Waals surface area contributed by atoms with Crippen LogP contribution in [0.3, 0.4) is 0 Å². The average Bonchev–Trinajstić information content (AvgIpc) is 2.53. The summed E-state index contributed by atoms with van der Waals surface area (Å²) < 4.78 is 1.93. The van der Waals surface area contributed by atoms with E-state index in [0.717, 1.165) is 17.0 Å². The van der Waals surface area contributed by atoms with Crippen LogP contribution in [0, 0.1) is 20.4 Å². The predicted octanol–water partition coefficient (Wildman–Crippen LogP) is 2.50. The van der Waals surface area contributed by atoms with Crippen molar-refractivity contribution in [1.29, 1.82) is 0 Å². The maximum atomic E-state index is 7.05. The van der Waals surface area contributed by atoms with Gasteiger partial charge in [0.25, 0.3) is 0 Å². The number of rotatable bonds is 0. The van der Waals surface area contributed by atoms with Gasteiger partial charge in [-0.3, -0.25) is 4.98 Å². The highest BCUT2D eigenvalue weighted by atomic mass is 15.0. The van der Waals surface area contributed by atoms with Crippen LogP contribution in [0.15, 0.2) is 18.3 Å². The molecule has 0 spiro atoms. The van der Waals surface area contributed by atoms with E-state index in [4.69, 9.17) is 6.57 Å². The lowest BCUT2D eigenvalue weighted by molar-refractivity contribution is 0.971. The third kappa shape index (κ3) is 0.994. The van der Waals surface area contributed by atoms with Gasteiger partial charge in [0, 0.05) is 11.9 Å². The number of fused-ring (bicyclic) bond motifs is 1. The molecule has 0 aromatic carbocycles. The van der Waals surface area contributed by atoms with Crippen molar-refractivity contribution in [2.24, 2.45) is 0 Å². The zero-order valence-corrected chi connectivity index (χ0v) is 7.57. The summed E-state index contributed by atoms with van der Waals surface area (Å²) in [6.07, 6.45) is 1.92. The molecule has 0 unspecified atom stereocenters. The number of aryl methyl sites for hydroxylation is 2. The molecular weight excluding hydrogens is 162 g/mol. The minimum absolute atomic E-state index is 0.649. The zero-order valence-electron chi connectivity index (χ0n) is 7.57. The van der Waals surface area contributed by atoms with Crippen LogP contribution in [0.1, 0.15) is 11.5 Å². The van der Waals surface area contributed by atoms with Crippen LogP contribution in [-0.4, -0.2) is 9.38 Å². The van der Waals surface area contributed by atoms with Crippen LogP contribution < -0.4 is 0 Å². The molecule has 0 fully saturated rings. The Balaban J connectivity index is 2.99. The fraction of sp³-hybridized carbons (Fsp3) is 0.200. The summed E-state index contributed by atoms with van der Waals surface area (Å²) in [7, 11) is 0. The molecule has 0 amide bonds. The first-order valence-electron chi connectivity index (χ1n) is 4.06. The fourth-order valence-electron chi connectivity index (χ4n) is 1.53. The van der Waals surface area contributed by atoms with Gasteiger partial charge in [-0.2, -0.15) is 0 Å². The minimum Gasteiger partial charge on any atom is -0.316 e. The van der Waals surface area contributed by atoms with Crippen LogP contribution in [-0.2, 0) is 0 Å². The lowest BCUT2D eigenvalue weighted by Gasteiger charge is -2.04. The molecule has 2 rings (SSSR count). The Kier molecular flexibility index (Phi) is 1.56. The lowest BCUT2D eigenvalue weighted by Crippen LogP contribution is -1.95. The van der Waals surface area contributed by atoms with Gasteiger partial charge in [0.15, 0.2) is 0 Å². The van der Waals surface area contributed by atoms with Crippen molar-refractivity contribution in [3.05, 3.63) is 41.3 Å². The first kappa shape index (κ1) is 7.81. The Morgan fingerprint density at radius 3 is 2.92 bits per heavy atom. The summed E-state index contributed by atoms with van der Waals surface area (Å²) in [6, 6.07) is 3.87. The van der Waals surface area contributed by atoms with E-state index in [1.807, 2.05) is 36.6 Å². The molecule has 64 valence electrons. The number of aromatic nitrogens is 2. The third-order valence-corrected chi connectivity index (χ3v) is 2.12. The monoisotopic (exact) mass is 171 g/mol. The smallest absolute Gasteiger partial charge is 0.231 e. The molecule has 13 heavy (non-hydrogen) atoms. The van der Waals surface area contributed by atoms with Crippen molar-refractivity contribution in [3.8, 4) is 0 Å². The Bertz CT molecular complexity index is 503. The standard InChI is InChI=1S/C10H9N3/c1-7-10(11-3)9-5-4-6-13(9)8(2)12-7/h4-6H,1-2H3. The summed E-state index contributed by atoms with van der Waals surface area (Å²) in [5, 5.41) is 0. The second-order valence-corrected chi connectivity index (χ2v) is 2.97. The van der Waals surface area contributed by atoms with Crippen LogP contribution in [0.25, 0.3) is 10.4 Å². The maximum absolute atomic E-state index is 7.05. The highest BCUT2D eigenvalue weighted by Gasteiger charge is 2.07. The van der Waals surface area contributed by atoms with E-state index in [2.05, 4.69) is 9.83 Å². The van der Waals surface area contributed by atoms with Crippen LogP contribution in [0.2, 0.25) is 0 Å². The average molecular weight is 171 g/mol.